The Bertz CT molecular complexity index is 616. The molecule has 0 radical (unpaired) electrons. The second-order valence-corrected chi connectivity index (χ2v) is 5.89. The van der Waals surface area contributed by atoms with Crippen LogP contribution in [0.25, 0.3) is 0 Å². The van der Waals surface area contributed by atoms with Crippen molar-refractivity contribution in [2.75, 3.05) is 31.1 Å². The molecule has 1 aliphatic heterocycles. The van der Waals surface area contributed by atoms with Gasteiger partial charge in [-0.25, -0.2) is 4.98 Å². The van der Waals surface area contributed by atoms with E-state index in [0.717, 1.165) is 44.2 Å². The first-order chi connectivity index (χ1) is 10.7. The summed E-state index contributed by atoms with van der Waals surface area (Å²) in [5.41, 5.74) is 4.70. The predicted molar refractivity (Wildman–Crippen MR) is 91.2 cm³/mol. The third kappa shape index (κ3) is 3.04. The van der Waals surface area contributed by atoms with Crippen LogP contribution in [0.5, 0.6) is 0 Å². The summed E-state index contributed by atoms with van der Waals surface area (Å²) < 4.78 is 0. The number of benzene rings is 1. The molecule has 0 saturated carbocycles. The summed E-state index contributed by atoms with van der Waals surface area (Å²) in [6, 6.07) is 4.44. The third-order valence-corrected chi connectivity index (χ3v) is 4.30. The Balaban J connectivity index is 1.65. The zero-order valence-corrected chi connectivity index (χ0v) is 13.3. The first-order valence-electron chi connectivity index (χ1n) is 7.71. The fourth-order valence-corrected chi connectivity index (χ4v) is 3.13. The lowest BCUT2D eigenvalue weighted by atomic mass is 10.1. The van der Waals surface area contributed by atoms with Gasteiger partial charge >= 0.3 is 0 Å². The summed E-state index contributed by atoms with van der Waals surface area (Å²) >= 11 is 0. The van der Waals surface area contributed by atoms with E-state index >= 15 is 0 Å². The molecule has 5 heteroatoms. The van der Waals surface area contributed by atoms with Gasteiger partial charge in [0.25, 0.3) is 0 Å². The number of aryl methyl sites for hydroxylation is 2. The Morgan fingerprint density at radius 3 is 2.41 bits per heavy atom. The number of anilines is 1. The number of rotatable bonds is 4. The minimum atomic E-state index is 0.901. The number of H-pyrrole nitrogens is 1. The van der Waals surface area contributed by atoms with Crippen LogP contribution >= 0.6 is 0 Å². The molecule has 0 amide bonds. The van der Waals surface area contributed by atoms with Crippen molar-refractivity contribution in [3.63, 3.8) is 0 Å². The zero-order valence-electron chi connectivity index (χ0n) is 13.3. The molecule has 0 unspecified atom stereocenters. The maximum Gasteiger partial charge on any atom is 0.120 e. The van der Waals surface area contributed by atoms with Crippen LogP contribution in [0.1, 0.15) is 17.0 Å². The van der Waals surface area contributed by atoms with E-state index in [2.05, 4.69) is 57.5 Å². The second kappa shape index (κ2) is 6.32. The zero-order chi connectivity index (χ0) is 15.5. The first kappa shape index (κ1) is 14.8. The topological polar surface area (TPSA) is 47.5 Å². The van der Waals surface area contributed by atoms with Crippen molar-refractivity contribution in [2.24, 2.45) is 4.99 Å². The number of hydrogen-bond donors (Lipinski definition) is 1. The Morgan fingerprint density at radius 2 is 1.86 bits per heavy atom. The number of piperazine rings is 1. The number of nitrogens with one attached hydrogen (secondary N) is 1. The fourth-order valence-electron chi connectivity index (χ4n) is 3.13. The van der Waals surface area contributed by atoms with Gasteiger partial charge in [0.05, 0.1) is 12.2 Å². The van der Waals surface area contributed by atoms with Crippen LogP contribution in [0.3, 0.4) is 0 Å². The van der Waals surface area contributed by atoms with E-state index in [9.17, 15) is 0 Å². The van der Waals surface area contributed by atoms with Crippen LogP contribution < -0.4 is 4.90 Å². The minimum absolute atomic E-state index is 0.901. The molecule has 0 aliphatic carbocycles. The van der Waals surface area contributed by atoms with E-state index in [1.54, 1.807) is 0 Å². The highest BCUT2D eigenvalue weighted by atomic mass is 15.3. The van der Waals surface area contributed by atoms with Crippen molar-refractivity contribution >= 4 is 18.1 Å². The number of aromatic nitrogens is 2. The van der Waals surface area contributed by atoms with E-state index in [4.69, 9.17) is 0 Å². The normalized spacial score (nSPS) is 16.0. The molecule has 1 fully saturated rings. The molecule has 0 atom stereocenters. The van der Waals surface area contributed by atoms with Crippen molar-refractivity contribution in [3.8, 4) is 0 Å². The van der Waals surface area contributed by atoms with Gasteiger partial charge in [0.1, 0.15) is 5.82 Å². The van der Waals surface area contributed by atoms with Gasteiger partial charge in [-0.2, -0.15) is 0 Å². The van der Waals surface area contributed by atoms with Crippen molar-refractivity contribution in [3.05, 3.63) is 41.5 Å². The summed E-state index contributed by atoms with van der Waals surface area (Å²) in [6.07, 6.45) is 3.69. The SMILES string of the molecule is C=Nc1c(C)cc(N2CCN(Cc3ncc[nH]3)CC2)cc1C. The number of aromatic amines is 1. The van der Waals surface area contributed by atoms with Gasteiger partial charge in [-0.15, -0.1) is 0 Å². The highest BCUT2D eigenvalue weighted by molar-refractivity contribution is 5.64. The summed E-state index contributed by atoms with van der Waals surface area (Å²) in [4.78, 5) is 16.5. The van der Waals surface area contributed by atoms with E-state index in [1.165, 1.54) is 16.8 Å². The van der Waals surface area contributed by atoms with Crippen molar-refractivity contribution < 1.29 is 0 Å². The molecule has 116 valence electrons. The number of aliphatic imine (C=N–C) groups is 1. The van der Waals surface area contributed by atoms with Gasteiger partial charge in [-0.3, -0.25) is 9.89 Å². The van der Waals surface area contributed by atoms with Crippen LogP contribution in [0.2, 0.25) is 0 Å². The van der Waals surface area contributed by atoms with Crippen LogP contribution in [0, 0.1) is 13.8 Å². The lowest BCUT2D eigenvalue weighted by molar-refractivity contribution is 0.244. The summed E-state index contributed by atoms with van der Waals surface area (Å²) in [5, 5.41) is 0. The number of imidazole rings is 1. The fraction of sp³-hybridized carbons (Fsp3) is 0.412. The van der Waals surface area contributed by atoms with Crippen LogP contribution in [-0.4, -0.2) is 47.8 Å². The molecule has 2 heterocycles. The van der Waals surface area contributed by atoms with Crippen LogP contribution in [0.4, 0.5) is 11.4 Å². The maximum absolute atomic E-state index is 4.30. The second-order valence-electron chi connectivity index (χ2n) is 5.89. The van der Waals surface area contributed by atoms with Gasteiger partial charge in [0, 0.05) is 44.3 Å². The summed E-state index contributed by atoms with van der Waals surface area (Å²) in [6.45, 7) is 13.0. The van der Waals surface area contributed by atoms with Crippen molar-refractivity contribution in [1.82, 2.24) is 14.9 Å². The molecule has 5 nitrogen and oxygen atoms in total. The van der Waals surface area contributed by atoms with Gasteiger partial charge in [-0.1, -0.05) is 0 Å². The van der Waals surface area contributed by atoms with E-state index in [1.807, 2.05) is 12.4 Å². The van der Waals surface area contributed by atoms with Crippen molar-refractivity contribution in [2.45, 2.75) is 20.4 Å². The summed E-state index contributed by atoms with van der Waals surface area (Å²) in [7, 11) is 0. The van der Waals surface area contributed by atoms with Crippen LogP contribution in [-0.2, 0) is 6.54 Å². The lowest BCUT2D eigenvalue weighted by Gasteiger charge is -2.36. The number of hydrogen-bond acceptors (Lipinski definition) is 4. The maximum atomic E-state index is 4.30. The Morgan fingerprint density at radius 1 is 1.18 bits per heavy atom. The standard InChI is InChI=1S/C17H23N5/c1-13-10-15(11-14(2)17(13)18-3)22-8-6-21(7-9-22)12-16-19-4-5-20-16/h4-5,10-11H,3,6-9,12H2,1-2H3,(H,19,20). The van der Waals surface area contributed by atoms with Crippen LogP contribution in [0.15, 0.2) is 29.5 Å². The van der Waals surface area contributed by atoms with E-state index < -0.39 is 0 Å². The molecule has 1 aliphatic rings. The average molecular weight is 297 g/mol. The molecular formula is C17H23N5. The molecule has 0 spiro atoms. The molecule has 1 aromatic carbocycles. The van der Waals surface area contributed by atoms with E-state index in [-0.39, 0.29) is 0 Å². The quantitative estimate of drug-likeness (QED) is 0.883. The molecule has 22 heavy (non-hydrogen) atoms. The molecule has 3 rings (SSSR count). The Labute approximate surface area is 131 Å². The molecule has 0 bridgehead atoms. The van der Waals surface area contributed by atoms with Gasteiger partial charge in [0.15, 0.2) is 0 Å². The largest absolute Gasteiger partial charge is 0.369 e. The highest BCUT2D eigenvalue weighted by Gasteiger charge is 2.19. The Hall–Kier alpha value is -2.14. The minimum Gasteiger partial charge on any atom is -0.369 e. The first-order valence-corrected chi connectivity index (χ1v) is 7.71. The molecule has 1 N–H and O–H groups in total. The predicted octanol–water partition coefficient (Wildman–Crippen LogP) is 2.68. The van der Waals surface area contributed by atoms with Gasteiger partial charge in [0.2, 0.25) is 0 Å². The molecule has 2 aromatic rings. The molecule has 1 saturated heterocycles. The third-order valence-electron chi connectivity index (χ3n) is 4.30. The summed E-state index contributed by atoms with van der Waals surface area (Å²) in [5.74, 6) is 1.04. The van der Waals surface area contributed by atoms with Gasteiger partial charge < -0.3 is 9.88 Å². The highest BCUT2D eigenvalue weighted by Crippen LogP contribution is 2.29. The van der Waals surface area contributed by atoms with E-state index in [0.29, 0.717) is 0 Å². The smallest absolute Gasteiger partial charge is 0.120 e. The molecular weight excluding hydrogens is 274 g/mol. The van der Waals surface area contributed by atoms with Crippen molar-refractivity contribution in [1.29, 1.82) is 0 Å². The monoisotopic (exact) mass is 297 g/mol. The average Bonchev–Trinajstić information content (AvgIpc) is 3.00. The Kier molecular flexibility index (Phi) is 4.24. The number of nitrogens with zero attached hydrogens (tertiary/aromatic N) is 4. The molecule has 1 aromatic heterocycles. The lowest BCUT2D eigenvalue weighted by Crippen LogP contribution is -2.46. The van der Waals surface area contributed by atoms with Gasteiger partial charge in [-0.05, 0) is 43.8 Å².